The zero-order valence-corrected chi connectivity index (χ0v) is 7.96. The summed E-state index contributed by atoms with van der Waals surface area (Å²) in [5.41, 5.74) is 5.41. The highest BCUT2D eigenvalue weighted by atomic mass is 32.2. The lowest BCUT2D eigenvalue weighted by molar-refractivity contribution is -0.144. The van der Waals surface area contributed by atoms with Crippen molar-refractivity contribution in [3.63, 3.8) is 0 Å². The number of sulfone groups is 1. The third kappa shape index (κ3) is 1.44. The van der Waals surface area contributed by atoms with Gasteiger partial charge in [0, 0.05) is 12.6 Å². The summed E-state index contributed by atoms with van der Waals surface area (Å²) in [6, 6.07) is -0.513. The van der Waals surface area contributed by atoms with Crippen molar-refractivity contribution in [2.24, 2.45) is 5.73 Å². The lowest BCUT2D eigenvalue weighted by atomic mass is 10.0. The van der Waals surface area contributed by atoms with Crippen LogP contribution in [-0.4, -0.2) is 49.4 Å². The molecule has 0 saturated carbocycles. The van der Waals surface area contributed by atoms with Gasteiger partial charge >= 0.3 is 0 Å². The number of carbonyl (C=O) groups is 1. The second kappa shape index (κ2) is 2.68. The fourth-order valence-electron chi connectivity index (χ4n) is 1.83. The molecule has 2 saturated heterocycles. The Labute approximate surface area is 76.8 Å². The lowest BCUT2D eigenvalue weighted by Crippen LogP contribution is -2.64. The van der Waals surface area contributed by atoms with Crippen LogP contribution in [0.15, 0.2) is 0 Å². The Balaban J connectivity index is 2.02. The maximum Gasteiger partial charge on any atom is 0.241 e. The van der Waals surface area contributed by atoms with Crippen molar-refractivity contribution in [1.29, 1.82) is 0 Å². The standard InChI is InChI=1S/C7H12N2O3S/c8-6-3-9(7(6)10)5-1-2-13(11,12)4-5/h5-6H,1-4,8H2. The summed E-state index contributed by atoms with van der Waals surface area (Å²) >= 11 is 0. The van der Waals surface area contributed by atoms with E-state index in [1.54, 1.807) is 4.90 Å². The fraction of sp³-hybridized carbons (Fsp3) is 0.857. The smallest absolute Gasteiger partial charge is 0.241 e. The number of likely N-dealkylation sites (tertiary alicyclic amines) is 1. The molecule has 6 heteroatoms. The molecule has 2 unspecified atom stereocenters. The zero-order chi connectivity index (χ0) is 9.64. The Hall–Kier alpha value is -0.620. The van der Waals surface area contributed by atoms with Crippen LogP contribution >= 0.6 is 0 Å². The van der Waals surface area contributed by atoms with E-state index in [-0.39, 0.29) is 23.5 Å². The maximum absolute atomic E-state index is 11.2. The number of nitrogens with two attached hydrogens (primary N) is 1. The van der Waals surface area contributed by atoms with Gasteiger partial charge < -0.3 is 10.6 Å². The van der Waals surface area contributed by atoms with Crippen molar-refractivity contribution in [1.82, 2.24) is 4.90 Å². The summed E-state index contributed by atoms with van der Waals surface area (Å²) in [5.74, 6) is 0.212. The van der Waals surface area contributed by atoms with Crippen LogP contribution in [0.25, 0.3) is 0 Å². The van der Waals surface area contributed by atoms with Crippen LogP contribution in [0.4, 0.5) is 0 Å². The lowest BCUT2D eigenvalue weighted by Gasteiger charge is -2.40. The summed E-state index contributed by atoms with van der Waals surface area (Å²) in [6.45, 7) is 0.513. The Bertz CT molecular complexity index is 338. The number of rotatable bonds is 1. The van der Waals surface area contributed by atoms with Crippen LogP contribution in [0.3, 0.4) is 0 Å². The summed E-state index contributed by atoms with van der Waals surface area (Å²) in [6.07, 6.45) is 0.570. The largest absolute Gasteiger partial charge is 0.335 e. The molecule has 2 aliphatic heterocycles. The molecule has 1 amide bonds. The molecular formula is C7H12N2O3S. The first-order valence-electron chi connectivity index (χ1n) is 4.26. The van der Waals surface area contributed by atoms with Crippen molar-refractivity contribution in [2.45, 2.75) is 18.5 Å². The molecule has 2 aliphatic rings. The molecule has 0 aliphatic carbocycles. The molecule has 2 N–H and O–H groups in total. The molecule has 2 fully saturated rings. The molecule has 0 spiro atoms. The van der Waals surface area contributed by atoms with Gasteiger partial charge in [-0.3, -0.25) is 4.79 Å². The summed E-state index contributed by atoms with van der Waals surface area (Å²) < 4.78 is 22.2. The first-order valence-corrected chi connectivity index (χ1v) is 6.08. The topological polar surface area (TPSA) is 80.5 Å². The number of nitrogens with zero attached hydrogens (tertiary/aromatic N) is 1. The molecule has 0 aromatic rings. The molecule has 2 atom stereocenters. The van der Waals surface area contributed by atoms with Crippen LogP contribution in [0.2, 0.25) is 0 Å². The highest BCUT2D eigenvalue weighted by molar-refractivity contribution is 7.91. The Morgan fingerprint density at radius 2 is 2.15 bits per heavy atom. The van der Waals surface area contributed by atoms with E-state index in [9.17, 15) is 13.2 Å². The van der Waals surface area contributed by atoms with E-state index in [4.69, 9.17) is 5.73 Å². The predicted octanol–water partition coefficient (Wildman–Crippen LogP) is -1.66. The zero-order valence-electron chi connectivity index (χ0n) is 7.14. The van der Waals surface area contributed by atoms with E-state index >= 15 is 0 Å². The average molecular weight is 204 g/mol. The van der Waals surface area contributed by atoms with Gasteiger partial charge in [-0.05, 0) is 6.42 Å². The van der Waals surface area contributed by atoms with Gasteiger partial charge in [0.05, 0.1) is 11.5 Å². The fourth-order valence-corrected chi connectivity index (χ4v) is 3.56. The van der Waals surface area contributed by atoms with Gasteiger partial charge in [-0.1, -0.05) is 0 Å². The van der Waals surface area contributed by atoms with Crippen LogP contribution in [0.1, 0.15) is 6.42 Å². The second-order valence-electron chi connectivity index (χ2n) is 3.65. The van der Waals surface area contributed by atoms with Crippen molar-refractivity contribution in [3.05, 3.63) is 0 Å². The number of β-lactam (4-membered cyclic amide) rings is 1. The number of hydrogen-bond acceptors (Lipinski definition) is 4. The highest BCUT2D eigenvalue weighted by Crippen LogP contribution is 2.22. The van der Waals surface area contributed by atoms with E-state index in [1.165, 1.54) is 0 Å². The number of carbonyl (C=O) groups excluding carboxylic acids is 1. The van der Waals surface area contributed by atoms with E-state index in [1.807, 2.05) is 0 Å². The monoisotopic (exact) mass is 204 g/mol. The minimum atomic E-state index is -2.89. The van der Waals surface area contributed by atoms with E-state index in [2.05, 4.69) is 0 Å². The molecule has 2 heterocycles. The third-order valence-electron chi connectivity index (χ3n) is 2.64. The van der Waals surface area contributed by atoms with Gasteiger partial charge in [0.25, 0.3) is 0 Å². The van der Waals surface area contributed by atoms with Gasteiger partial charge in [0.2, 0.25) is 5.91 Å². The van der Waals surface area contributed by atoms with Gasteiger partial charge in [-0.2, -0.15) is 0 Å². The number of amides is 1. The first kappa shape index (κ1) is 8.96. The quantitative estimate of drug-likeness (QED) is 0.519. The molecule has 0 bridgehead atoms. The van der Waals surface area contributed by atoms with Crippen molar-refractivity contribution >= 4 is 15.7 Å². The summed E-state index contributed by atoms with van der Waals surface area (Å²) in [4.78, 5) is 12.7. The van der Waals surface area contributed by atoms with Gasteiger partial charge in [-0.25, -0.2) is 8.42 Å². The third-order valence-corrected chi connectivity index (χ3v) is 4.39. The Morgan fingerprint density at radius 1 is 1.46 bits per heavy atom. The number of hydrogen-bond donors (Lipinski definition) is 1. The van der Waals surface area contributed by atoms with Crippen LogP contribution in [0, 0.1) is 0 Å². The molecule has 0 aromatic carbocycles. The maximum atomic E-state index is 11.2. The molecular weight excluding hydrogens is 192 g/mol. The SMILES string of the molecule is NC1CN(C2CCS(=O)(=O)C2)C1=O. The molecule has 5 nitrogen and oxygen atoms in total. The van der Waals surface area contributed by atoms with Gasteiger partial charge in [0.1, 0.15) is 6.04 Å². The van der Waals surface area contributed by atoms with Crippen LogP contribution in [0.5, 0.6) is 0 Å². The molecule has 74 valence electrons. The normalized spacial score (nSPS) is 37.6. The van der Waals surface area contributed by atoms with Gasteiger partial charge in [-0.15, -0.1) is 0 Å². The Kier molecular flexibility index (Phi) is 1.85. The molecule has 2 rings (SSSR count). The molecule has 13 heavy (non-hydrogen) atoms. The van der Waals surface area contributed by atoms with Crippen LogP contribution < -0.4 is 5.73 Å². The molecule has 0 radical (unpaired) electrons. The Morgan fingerprint density at radius 3 is 2.54 bits per heavy atom. The first-order chi connectivity index (χ1) is 5.99. The van der Waals surface area contributed by atoms with E-state index in [0.29, 0.717) is 13.0 Å². The summed E-state index contributed by atoms with van der Waals surface area (Å²) in [5, 5.41) is 0. The van der Waals surface area contributed by atoms with Crippen molar-refractivity contribution < 1.29 is 13.2 Å². The average Bonchev–Trinajstić information content (AvgIpc) is 2.40. The van der Waals surface area contributed by atoms with Crippen LogP contribution in [-0.2, 0) is 14.6 Å². The van der Waals surface area contributed by atoms with Gasteiger partial charge in [0.15, 0.2) is 9.84 Å². The minimum Gasteiger partial charge on any atom is -0.335 e. The highest BCUT2D eigenvalue weighted by Gasteiger charge is 2.42. The predicted molar refractivity (Wildman–Crippen MR) is 46.7 cm³/mol. The van der Waals surface area contributed by atoms with Crippen molar-refractivity contribution in [2.75, 3.05) is 18.1 Å². The van der Waals surface area contributed by atoms with Crippen molar-refractivity contribution in [3.8, 4) is 0 Å². The minimum absolute atomic E-state index is 0.109. The van der Waals surface area contributed by atoms with E-state index < -0.39 is 15.9 Å². The summed E-state index contributed by atoms with van der Waals surface area (Å²) in [7, 11) is -2.89. The second-order valence-corrected chi connectivity index (χ2v) is 5.88. The molecule has 0 aromatic heterocycles. The van der Waals surface area contributed by atoms with E-state index in [0.717, 1.165) is 0 Å².